The first-order chi connectivity index (χ1) is 9.54. The summed E-state index contributed by atoms with van der Waals surface area (Å²) < 4.78 is 27.6. The molecular weight excluding hydrogens is 312 g/mol. The average Bonchev–Trinajstić information content (AvgIpc) is 3.07. The van der Waals surface area contributed by atoms with E-state index in [9.17, 15) is 8.42 Å². The van der Waals surface area contributed by atoms with Gasteiger partial charge < -0.3 is 5.32 Å². The van der Waals surface area contributed by atoms with Gasteiger partial charge in [-0.25, -0.2) is 13.1 Å². The Kier molecular flexibility index (Phi) is 5.34. The van der Waals surface area contributed by atoms with Gasteiger partial charge >= 0.3 is 0 Å². The maximum Gasteiger partial charge on any atom is 0.242 e. The Bertz CT molecular complexity index is 632. The molecule has 0 spiro atoms. The zero-order valence-corrected chi connectivity index (χ0v) is 13.9. The Morgan fingerprint density at radius 2 is 2.10 bits per heavy atom. The van der Waals surface area contributed by atoms with Crippen molar-refractivity contribution in [2.24, 2.45) is 0 Å². The summed E-state index contributed by atoms with van der Waals surface area (Å²) in [6, 6.07) is 3.38. The van der Waals surface area contributed by atoms with Gasteiger partial charge in [-0.05, 0) is 47.3 Å². The lowest BCUT2D eigenvalue weighted by atomic mass is 10.2. The van der Waals surface area contributed by atoms with Gasteiger partial charge in [0.1, 0.15) is 0 Å². The molecule has 0 saturated carbocycles. The lowest BCUT2D eigenvalue weighted by Gasteiger charge is -2.13. The van der Waals surface area contributed by atoms with Gasteiger partial charge in [0.25, 0.3) is 0 Å². The van der Waals surface area contributed by atoms with Crippen LogP contribution in [0.2, 0.25) is 0 Å². The van der Waals surface area contributed by atoms with Crippen LogP contribution in [0.1, 0.15) is 30.3 Å². The molecule has 0 bridgehead atoms. The fourth-order valence-electron chi connectivity index (χ4n) is 1.82. The number of sulfonamides is 1. The van der Waals surface area contributed by atoms with Gasteiger partial charge in [-0.15, -0.1) is 11.3 Å². The van der Waals surface area contributed by atoms with Gasteiger partial charge in [0.05, 0.1) is 4.90 Å². The smallest absolute Gasteiger partial charge is 0.242 e. The molecule has 0 radical (unpaired) electrons. The van der Waals surface area contributed by atoms with Crippen LogP contribution in [-0.2, 0) is 16.6 Å². The summed E-state index contributed by atoms with van der Waals surface area (Å²) in [5.74, 6) is 0. The van der Waals surface area contributed by atoms with E-state index in [2.05, 4.69) is 10.0 Å². The lowest BCUT2D eigenvalue weighted by molar-refractivity contribution is 0.566. The third kappa shape index (κ3) is 3.67. The topological polar surface area (TPSA) is 58.2 Å². The van der Waals surface area contributed by atoms with E-state index in [0.717, 1.165) is 17.0 Å². The number of hydrogen-bond acceptors (Lipinski definition) is 5. The van der Waals surface area contributed by atoms with Gasteiger partial charge in [-0.3, -0.25) is 0 Å². The largest absolute Gasteiger partial charge is 0.312 e. The Morgan fingerprint density at radius 1 is 1.30 bits per heavy atom. The highest BCUT2D eigenvalue weighted by molar-refractivity contribution is 7.89. The lowest BCUT2D eigenvalue weighted by Crippen LogP contribution is -2.27. The molecular formula is C13H18N2O2S3. The van der Waals surface area contributed by atoms with E-state index in [1.807, 2.05) is 36.1 Å². The molecule has 4 nitrogen and oxygen atoms in total. The minimum absolute atomic E-state index is 0.224. The van der Waals surface area contributed by atoms with E-state index in [1.165, 1.54) is 11.3 Å². The van der Waals surface area contributed by atoms with Crippen molar-refractivity contribution in [1.82, 2.24) is 10.0 Å². The van der Waals surface area contributed by atoms with E-state index in [0.29, 0.717) is 11.4 Å². The zero-order valence-electron chi connectivity index (χ0n) is 11.4. The number of nitrogens with one attached hydrogen (secondary N) is 2. The van der Waals surface area contributed by atoms with Crippen LogP contribution >= 0.6 is 22.7 Å². The van der Waals surface area contributed by atoms with Crippen molar-refractivity contribution in [1.29, 1.82) is 0 Å². The third-order valence-corrected chi connectivity index (χ3v) is 6.28. The molecule has 0 aliphatic heterocycles. The molecule has 2 N–H and O–H groups in total. The Balaban J connectivity index is 2.16. The van der Waals surface area contributed by atoms with Gasteiger partial charge in [-0.1, -0.05) is 6.92 Å². The molecule has 2 rings (SSSR count). The molecule has 0 aliphatic rings. The predicted molar refractivity (Wildman–Crippen MR) is 84.8 cm³/mol. The van der Waals surface area contributed by atoms with Crippen LogP contribution in [0.4, 0.5) is 0 Å². The van der Waals surface area contributed by atoms with E-state index in [-0.39, 0.29) is 6.04 Å². The summed E-state index contributed by atoms with van der Waals surface area (Å²) in [5, 5.41) is 8.88. The van der Waals surface area contributed by atoms with Crippen molar-refractivity contribution in [3.05, 3.63) is 38.7 Å². The second-order valence-corrected chi connectivity index (χ2v) is 7.85. The van der Waals surface area contributed by atoms with Crippen molar-refractivity contribution < 1.29 is 8.42 Å². The molecule has 20 heavy (non-hydrogen) atoms. The zero-order chi connectivity index (χ0) is 14.6. The van der Waals surface area contributed by atoms with Gasteiger partial charge in [-0.2, -0.15) is 11.3 Å². The second kappa shape index (κ2) is 6.82. The Morgan fingerprint density at radius 3 is 2.75 bits per heavy atom. The molecule has 7 heteroatoms. The van der Waals surface area contributed by atoms with Crippen molar-refractivity contribution in [3.8, 4) is 0 Å². The second-order valence-electron chi connectivity index (χ2n) is 4.39. The molecule has 2 heterocycles. The van der Waals surface area contributed by atoms with Crippen molar-refractivity contribution in [2.45, 2.75) is 31.3 Å². The van der Waals surface area contributed by atoms with Crippen LogP contribution in [0, 0.1) is 0 Å². The summed E-state index contributed by atoms with van der Waals surface area (Å²) in [5.41, 5.74) is 0.988. The monoisotopic (exact) mass is 330 g/mol. The first-order valence-corrected chi connectivity index (χ1v) is 9.66. The van der Waals surface area contributed by atoms with Crippen molar-refractivity contribution >= 4 is 32.7 Å². The van der Waals surface area contributed by atoms with Crippen LogP contribution in [0.25, 0.3) is 0 Å². The van der Waals surface area contributed by atoms with Crippen LogP contribution in [-0.4, -0.2) is 15.0 Å². The van der Waals surface area contributed by atoms with Crippen LogP contribution < -0.4 is 10.0 Å². The minimum atomic E-state index is -3.48. The number of rotatable bonds is 7. The summed E-state index contributed by atoms with van der Waals surface area (Å²) >= 11 is 3.02. The van der Waals surface area contributed by atoms with Crippen molar-refractivity contribution in [3.63, 3.8) is 0 Å². The highest BCUT2D eigenvalue weighted by atomic mass is 32.2. The number of hydrogen-bond donors (Lipinski definition) is 2. The van der Waals surface area contributed by atoms with E-state index in [1.54, 1.807) is 17.4 Å². The first-order valence-electron chi connectivity index (χ1n) is 6.36. The molecule has 0 aliphatic carbocycles. The molecule has 2 aromatic heterocycles. The van der Waals surface area contributed by atoms with E-state index in [4.69, 9.17) is 0 Å². The molecule has 110 valence electrons. The number of thiophene rings is 2. The molecule has 0 saturated heterocycles. The maximum atomic E-state index is 12.5. The molecule has 0 amide bonds. The quantitative estimate of drug-likeness (QED) is 0.820. The minimum Gasteiger partial charge on any atom is -0.312 e. The Labute approximate surface area is 127 Å². The average molecular weight is 330 g/mol. The van der Waals surface area contributed by atoms with E-state index >= 15 is 0 Å². The summed E-state index contributed by atoms with van der Waals surface area (Å²) in [6.45, 7) is 5.25. The molecule has 0 aromatic carbocycles. The predicted octanol–water partition coefficient (Wildman–Crippen LogP) is 2.96. The molecule has 2 aromatic rings. The van der Waals surface area contributed by atoms with Gasteiger partial charge in [0.15, 0.2) is 0 Å². The molecule has 1 atom stereocenters. The van der Waals surface area contributed by atoms with Gasteiger partial charge in [0, 0.05) is 17.5 Å². The fraction of sp³-hybridized carbons (Fsp3) is 0.385. The summed E-state index contributed by atoms with van der Waals surface area (Å²) in [4.78, 5) is 1.22. The SMILES string of the molecule is CCNCc1sccc1S(=O)(=O)NC(C)c1ccsc1. The third-order valence-electron chi connectivity index (χ3n) is 2.90. The maximum absolute atomic E-state index is 12.5. The molecule has 1 unspecified atom stereocenters. The fourth-order valence-corrected chi connectivity index (χ4v) is 5.22. The standard InChI is InChI=1S/C13H18N2O2S3/c1-3-14-8-12-13(5-7-19-12)20(16,17)15-10(2)11-4-6-18-9-11/h4-7,9-10,14-15H,3,8H2,1-2H3. The highest BCUT2D eigenvalue weighted by Gasteiger charge is 2.22. The Hall–Kier alpha value is -0.730. The van der Waals surface area contributed by atoms with Crippen molar-refractivity contribution in [2.75, 3.05) is 6.54 Å². The normalized spacial score (nSPS) is 13.5. The van der Waals surface area contributed by atoms with Crippen LogP contribution in [0.3, 0.4) is 0 Å². The van der Waals surface area contributed by atoms with Crippen LogP contribution in [0.15, 0.2) is 33.2 Å². The molecule has 0 fully saturated rings. The summed E-state index contributed by atoms with van der Waals surface area (Å²) in [6.07, 6.45) is 0. The highest BCUT2D eigenvalue weighted by Crippen LogP contribution is 2.24. The summed E-state index contributed by atoms with van der Waals surface area (Å²) in [7, 11) is -3.48. The van der Waals surface area contributed by atoms with Gasteiger partial charge in [0.2, 0.25) is 10.0 Å². The van der Waals surface area contributed by atoms with E-state index < -0.39 is 10.0 Å². The van der Waals surface area contributed by atoms with Crippen LogP contribution in [0.5, 0.6) is 0 Å². The first kappa shape index (κ1) is 15.7.